The van der Waals surface area contributed by atoms with Crippen molar-refractivity contribution in [3.8, 4) is 0 Å². The SMILES string of the molecule is CC(=O)N(CC(Cc1ccccc1)C(=O)NCC(=O)NCc1ccccc1)OCc1ccccc1. The average molecular weight is 474 g/mol. The maximum Gasteiger partial charge on any atom is 0.243 e. The van der Waals surface area contributed by atoms with E-state index < -0.39 is 5.92 Å². The molecular weight excluding hydrogens is 442 g/mol. The number of hydrogen-bond donors (Lipinski definition) is 2. The van der Waals surface area contributed by atoms with Crippen molar-refractivity contribution < 1.29 is 19.2 Å². The average Bonchev–Trinajstić information content (AvgIpc) is 2.89. The zero-order chi connectivity index (χ0) is 24.9. The molecule has 35 heavy (non-hydrogen) atoms. The highest BCUT2D eigenvalue weighted by atomic mass is 16.7. The van der Waals surface area contributed by atoms with E-state index in [9.17, 15) is 14.4 Å². The number of benzene rings is 3. The van der Waals surface area contributed by atoms with Crippen LogP contribution in [0.3, 0.4) is 0 Å². The van der Waals surface area contributed by atoms with Gasteiger partial charge in [0.2, 0.25) is 17.7 Å². The van der Waals surface area contributed by atoms with Crippen LogP contribution in [0.4, 0.5) is 0 Å². The highest BCUT2D eigenvalue weighted by Crippen LogP contribution is 2.13. The van der Waals surface area contributed by atoms with Crippen LogP contribution in [0.5, 0.6) is 0 Å². The lowest BCUT2D eigenvalue weighted by Gasteiger charge is -2.25. The molecule has 1 unspecified atom stereocenters. The van der Waals surface area contributed by atoms with Crippen LogP contribution in [0.1, 0.15) is 23.6 Å². The highest BCUT2D eigenvalue weighted by Gasteiger charge is 2.25. The molecule has 3 aromatic carbocycles. The van der Waals surface area contributed by atoms with Gasteiger partial charge < -0.3 is 10.6 Å². The predicted octanol–water partition coefficient (Wildman–Crippen LogP) is 3.26. The van der Waals surface area contributed by atoms with E-state index in [0.29, 0.717) is 13.0 Å². The Labute approximate surface area is 206 Å². The summed E-state index contributed by atoms with van der Waals surface area (Å²) in [5.74, 6) is -1.51. The Balaban J connectivity index is 1.60. The molecule has 0 bridgehead atoms. The summed E-state index contributed by atoms with van der Waals surface area (Å²) in [4.78, 5) is 43.4. The first kappa shape index (κ1) is 25.6. The van der Waals surface area contributed by atoms with Gasteiger partial charge in [0.25, 0.3) is 0 Å². The third-order valence-electron chi connectivity index (χ3n) is 5.42. The molecule has 3 rings (SSSR count). The first-order valence-corrected chi connectivity index (χ1v) is 11.6. The van der Waals surface area contributed by atoms with E-state index >= 15 is 0 Å². The first-order valence-electron chi connectivity index (χ1n) is 11.6. The van der Waals surface area contributed by atoms with Crippen LogP contribution in [-0.4, -0.2) is 35.9 Å². The fourth-order valence-electron chi connectivity index (χ4n) is 3.51. The Kier molecular flexibility index (Phi) is 10.0. The second kappa shape index (κ2) is 13.7. The molecule has 0 aromatic heterocycles. The normalized spacial score (nSPS) is 11.3. The number of rotatable bonds is 12. The molecule has 0 radical (unpaired) electrons. The molecule has 0 heterocycles. The lowest BCUT2D eigenvalue weighted by molar-refractivity contribution is -0.193. The summed E-state index contributed by atoms with van der Waals surface area (Å²) in [6.07, 6.45) is 0.400. The Morgan fingerprint density at radius 3 is 1.89 bits per heavy atom. The zero-order valence-corrected chi connectivity index (χ0v) is 19.9. The van der Waals surface area contributed by atoms with Gasteiger partial charge in [0.15, 0.2) is 0 Å². The third kappa shape index (κ3) is 9.06. The molecule has 2 N–H and O–H groups in total. The zero-order valence-electron chi connectivity index (χ0n) is 19.9. The lowest BCUT2D eigenvalue weighted by Crippen LogP contribution is -2.44. The van der Waals surface area contributed by atoms with Gasteiger partial charge in [-0.1, -0.05) is 91.0 Å². The van der Waals surface area contributed by atoms with Crippen LogP contribution >= 0.6 is 0 Å². The molecule has 0 saturated carbocycles. The van der Waals surface area contributed by atoms with Crippen molar-refractivity contribution in [1.82, 2.24) is 15.7 Å². The minimum Gasteiger partial charge on any atom is -0.350 e. The smallest absolute Gasteiger partial charge is 0.243 e. The monoisotopic (exact) mass is 473 g/mol. The van der Waals surface area contributed by atoms with Crippen molar-refractivity contribution >= 4 is 17.7 Å². The van der Waals surface area contributed by atoms with Crippen molar-refractivity contribution in [3.05, 3.63) is 108 Å². The molecule has 0 fully saturated rings. The standard InChI is InChI=1S/C28H31N3O4/c1-22(32)31(35-21-25-15-9-4-10-16-25)20-26(17-23-11-5-2-6-12-23)28(34)30-19-27(33)29-18-24-13-7-3-8-14-24/h2-16,26H,17-21H2,1H3,(H,29,33)(H,30,34). The molecule has 1 atom stereocenters. The maximum atomic E-state index is 13.1. The van der Waals surface area contributed by atoms with Crippen LogP contribution < -0.4 is 10.6 Å². The lowest BCUT2D eigenvalue weighted by atomic mass is 9.98. The molecule has 3 aromatic rings. The van der Waals surface area contributed by atoms with Gasteiger partial charge in [-0.3, -0.25) is 19.2 Å². The second-order valence-corrected chi connectivity index (χ2v) is 8.21. The number of amides is 3. The summed E-state index contributed by atoms with van der Waals surface area (Å²) >= 11 is 0. The van der Waals surface area contributed by atoms with Gasteiger partial charge in [-0.25, -0.2) is 5.06 Å². The van der Waals surface area contributed by atoms with Crippen molar-refractivity contribution in [3.63, 3.8) is 0 Å². The van der Waals surface area contributed by atoms with Crippen molar-refractivity contribution in [2.24, 2.45) is 5.92 Å². The van der Waals surface area contributed by atoms with Gasteiger partial charge in [0, 0.05) is 13.5 Å². The van der Waals surface area contributed by atoms with Gasteiger partial charge in [-0.2, -0.15) is 0 Å². The maximum absolute atomic E-state index is 13.1. The molecule has 0 spiro atoms. The second-order valence-electron chi connectivity index (χ2n) is 8.21. The molecule has 182 valence electrons. The number of carbonyl (C=O) groups excluding carboxylic acids is 3. The van der Waals surface area contributed by atoms with Crippen LogP contribution in [0.15, 0.2) is 91.0 Å². The van der Waals surface area contributed by atoms with Crippen molar-refractivity contribution in [2.75, 3.05) is 13.1 Å². The summed E-state index contributed by atoms with van der Waals surface area (Å²) in [5, 5.41) is 6.73. The van der Waals surface area contributed by atoms with Gasteiger partial charge >= 0.3 is 0 Å². The quantitative estimate of drug-likeness (QED) is 0.395. The van der Waals surface area contributed by atoms with Crippen LogP contribution in [0.2, 0.25) is 0 Å². The van der Waals surface area contributed by atoms with E-state index in [0.717, 1.165) is 16.7 Å². The van der Waals surface area contributed by atoms with Gasteiger partial charge in [0.1, 0.15) is 6.61 Å². The molecular formula is C28H31N3O4. The molecule has 7 heteroatoms. The number of nitrogens with zero attached hydrogens (tertiary/aromatic N) is 1. The van der Waals surface area contributed by atoms with Crippen molar-refractivity contribution in [2.45, 2.75) is 26.5 Å². The summed E-state index contributed by atoms with van der Waals surface area (Å²) in [6, 6.07) is 28.6. The van der Waals surface area contributed by atoms with E-state index in [1.54, 1.807) is 0 Å². The highest BCUT2D eigenvalue weighted by molar-refractivity contribution is 5.86. The van der Waals surface area contributed by atoms with Crippen LogP contribution in [0.25, 0.3) is 0 Å². The Hall–Kier alpha value is -3.97. The van der Waals surface area contributed by atoms with E-state index in [4.69, 9.17) is 4.84 Å². The van der Waals surface area contributed by atoms with E-state index in [1.807, 2.05) is 91.0 Å². The minimum atomic E-state index is -0.598. The largest absolute Gasteiger partial charge is 0.350 e. The Morgan fingerprint density at radius 2 is 1.31 bits per heavy atom. The summed E-state index contributed by atoms with van der Waals surface area (Å²) in [7, 11) is 0. The molecule has 0 aliphatic rings. The minimum absolute atomic E-state index is 0.0640. The predicted molar refractivity (Wildman–Crippen MR) is 134 cm³/mol. The molecule has 3 amide bonds. The molecule has 0 aliphatic heterocycles. The topological polar surface area (TPSA) is 87.7 Å². The fourth-order valence-corrected chi connectivity index (χ4v) is 3.51. The number of hydrogen-bond acceptors (Lipinski definition) is 4. The van der Waals surface area contributed by atoms with E-state index in [2.05, 4.69) is 10.6 Å². The van der Waals surface area contributed by atoms with Crippen LogP contribution in [-0.2, 0) is 38.8 Å². The number of carbonyl (C=O) groups is 3. The summed E-state index contributed by atoms with van der Waals surface area (Å²) < 4.78 is 0. The summed E-state index contributed by atoms with van der Waals surface area (Å²) in [5.41, 5.74) is 2.84. The fraction of sp³-hybridized carbons (Fsp3) is 0.250. The van der Waals surface area contributed by atoms with E-state index in [-0.39, 0.29) is 37.4 Å². The van der Waals surface area contributed by atoms with Crippen molar-refractivity contribution in [1.29, 1.82) is 0 Å². The molecule has 0 aliphatic carbocycles. The van der Waals surface area contributed by atoms with Gasteiger partial charge in [0.05, 0.1) is 19.0 Å². The van der Waals surface area contributed by atoms with Gasteiger partial charge in [-0.05, 0) is 23.1 Å². The third-order valence-corrected chi connectivity index (χ3v) is 5.42. The van der Waals surface area contributed by atoms with Gasteiger partial charge in [-0.15, -0.1) is 0 Å². The summed E-state index contributed by atoms with van der Waals surface area (Å²) in [6.45, 7) is 1.91. The number of hydroxylamine groups is 2. The Morgan fingerprint density at radius 1 is 0.771 bits per heavy atom. The van der Waals surface area contributed by atoms with E-state index in [1.165, 1.54) is 12.0 Å². The first-order chi connectivity index (χ1) is 17.0. The number of nitrogens with one attached hydrogen (secondary N) is 2. The molecule has 7 nitrogen and oxygen atoms in total. The molecule has 0 saturated heterocycles. The van der Waals surface area contributed by atoms with Crippen LogP contribution in [0, 0.1) is 5.92 Å². The Bertz CT molecular complexity index is 1080.